The summed E-state index contributed by atoms with van der Waals surface area (Å²) in [5.41, 5.74) is 0.496. The number of benzene rings is 1. The normalized spacial score (nSPS) is 22.9. The van der Waals surface area contributed by atoms with Crippen LogP contribution in [0.2, 0.25) is 0 Å². The summed E-state index contributed by atoms with van der Waals surface area (Å²) >= 11 is 0. The number of aromatic nitrogens is 2. The second kappa shape index (κ2) is 6.72. The van der Waals surface area contributed by atoms with E-state index in [-0.39, 0.29) is 18.4 Å². The van der Waals surface area contributed by atoms with E-state index < -0.39 is 5.41 Å². The highest BCUT2D eigenvalue weighted by molar-refractivity contribution is 5.87. The van der Waals surface area contributed by atoms with Crippen LogP contribution in [0.3, 0.4) is 0 Å². The van der Waals surface area contributed by atoms with Gasteiger partial charge in [-0.25, -0.2) is 0 Å². The van der Waals surface area contributed by atoms with Crippen molar-refractivity contribution < 1.29 is 14.3 Å². The highest BCUT2D eigenvalue weighted by Gasteiger charge is 2.51. The van der Waals surface area contributed by atoms with Crippen LogP contribution in [-0.4, -0.2) is 71.3 Å². The van der Waals surface area contributed by atoms with Crippen molar-refractivity contribution in [1.82, 2.24) is 19.6 Å². The van der Waals surface area contributed by atoms with Crippen molar-refractivity contribution in [3.63, 3.8) is 0 Å². The van der Waals surface area contributed by atoms with Crippen LogP contribution in [0, 0.1) is 5.41 Å². The lowest BCUT2D eigenvalue weighted by molar-refractivity contribution is -0.137. The van der Waals surface area contributed by atoms with Crippen LogP contribution in [0.25, 0.3) is 10.9 Å². The molecule has 3 heterocycles. The molecular formula is C19H24N4O3. The molecule has 26 heavy (non-hydrogen) atoms. The molecule has 1 atom stereocenters. The Bertz CT molecular complexity index is 800. The van der Waals surface area contributed by atoms with Gasteiger partial charge in [0.2, 0.25) is 11.8 Å². The summed E-state index contributed by atoms with van der Waals surface area (Å²) in [4.78, 5) is 29.2. The molecule has 1 unspecified atom stereocenters. The van der Waals surface area contributed by atoms with Crippen molar-refractivity contribution >= 4 is 22.7 Å². The Morgan fingerprint density at radius 1 is 1.27 bits per heavy atom. The van der Waals surface area contributed by atoms with Gasteiger partial charge in [-0.3, -0.25) is 14.3 Å². The minimum atomic E-state index is -0.391. The summed E-state index contributed by atoms with van der Waals surface area (Å²) < 4.78 is 6.78. The lowest BCUT2D eigenvalue weighted by Crippen LogP contribution is -2.40. The monoisotopic (exact) mass is 356 g/mol. The van der Waals surface area contributed by atoms with E-state index in [0.29, 0.717) is 26.2 Å². The topological polar surface area (TPSA) is 67.7 Å². The Balaban J connectivity index is 1.40. The van der Waals surface area contributed by atoms with Crippen molar-refractivity contribution in [3.05, 3.63) is 30.5 Å². The lowest BCUT2D eigenvalue weighted by Gasteiger charge is -2.23. The van der Waals surface area contributed by atoms with Gasteiger partial charge in [-0.2, -0.15) is 5.10 Å². The SMILES string of the molecule is COCCN1CCC2(CCN(C(=O)Cn3cc4ccccc4n3)C2)C1=O. The third-order valence-electron chi connectivity index (χ3n) is 5.63. The zero-order valence-electron chi connectivity index (χ0n) is 15.1. The van der Waals surface area contributed by atoms with E-state index in [0.717, 1.165) is 30.3 Å². The number of likely N-dealkylation sites (tertiary alicyclic amines) is 2. The first-order valence-electron chi connectivity index (χ1n) is 9.10. The van der Waals surface area contributed by atoms with Crippen molar-refractivity contribution in [2.24, 2.45) is 5.41 Å². The molecule has 2 saturated heterocycles. The van der Waals surface area contributed by atoms with Crippen LogP contribution in [-0.2, 0) is 20.9 Å². The van der Waals surface area contributed by atoms with E-state index in [4.69, 9.17) is 4.74 Å². The van der Waals surface area contributed by atoms with Gasteiger partial charge < -0.3 is 14.5 Å². The quantitative estimate of drug-likeness (QED) is 0.806. The standard InChI is InChI=1S/C19H24N4O3/c1-26-11-10-21-8-6-19(18(21)25)7-9-22(14-19)17(24)13-23-12-15-4-2-3-5-16(15)20-23/h2-5,12H,6-11,13-14H2,1H3. The van der Waals surface area contributed by atoms with Gasteiger partial charge in [-0.05, 0) is 18.9 Å². The molecule has 2 amide bonds. The number of rotatable bonds is 5. The number of hydrogen-bond donors (Lipinski definition) is 0. The third-order valence-corrected chi connectivity index (χ3v) is 5.63. The van der Waals surface area contributed by atoms with E-state index >= 15 is 0 Å². The fourth-order valence-corrected chi connectivity index (χ4v) is 4.11. The van der Waals surface area contributed by atoms with Crippen LogP contribution < -0.4 is 0 Å². The minimum Gasteiger partial charge on any atom is -0.383 e. The largest absolute Gasteiger partial charge is 0.383 e. The molecule has 0 N–H and O–H groups in total. The summed E-state index contributed by atoms with van der Waals surface area (Å²) in [6.07, 6.45) is 3.47. The first kappa shape index (κ1) is 17.0. The Labute approximate surface area is 152 Å². The number of methoxy groups -OCH3 is 1. The molecule has 2 aliphatic rings. The number of nitrogens with zero attached hydrogens (tertiary/aromatic N) is 4. The van der Waals surface area contributed by atoms with Gasteiger partial charge >= 0.3 is 0 Å². The summed E-state index contributed by atoms with van der Waals surface area (Å²) in [5, 5.41) is 5.48. The molecule has 1 aromatic heterocycles. The highest BCUT2D eigenvalue weighted by Crippen LogP contribution is 2.40. The van der Waals surface area contributed by atoms with Crippen LogP contribution in [0.1, 0.15) is 12.8 Å². The molecule has 4 rings (SSSR count). The molecule has 0 radical (unpaired) electrons. The maximum absolute atomic E-state index is 12.8. The fourth-order valence-electron chi connectivity index (χ4n) is 4.11. The van der Waals surface area contributed by atoms with Gasteiger partial charge in [0.1, 0.15) is 6.54 Å². The molecular weight excluding hydrogens is 332 g/mol. The smallest absolute Gasteiger partial charge is 0.244 e. The number of hydrogen-bond acceptors (Lipinski definition) is 4. The van der Waals surface area contributed by atoms with Crippen molar-refractivity contribution in [3.8, 4) is 0 Å². The second-order valence-electron chi connectivity index (χ2n) is 7.27. The summed E-state index contributed by atoms with van der Waals surface area (Å²) in [6, 6.07) is 7.82. The van der Waals surface area contributed by atoms with Crippen molar-refractivity contribution in [2.45, 2.75) is 19.4 Å². The molecule has 0 saturated carbocycles. The van der Waals surface area contributed by atoms with Crippen LogP contribution >= 0.6 is 0 Å². The van der Waals surface area contributed by atoms with Crippen molar-refractivity contribution in [2.75, 3.05) is 39.9 Å². The summed E-state index contributed by atoms with van der Waals surface area (Å²) in [7, 11) is 1.64. The maximum Gasteiger partial charge on any atom is 0.244 e. The van der Waals surface area contributed by atoms with Gasteiger partial charge in [0.15, 0.2) is 0 Å². The predicted octanol–water partition coefficient (Wildman–Crippen LogP) is 1.13. The number of ether oxygens (including phenoxy) is 1. The maximum atomic E-state index is 12.8. The zero-order valence-corrected chi connectivity index (χ0v) is 15.1. The van der Waals surface area contributed by atoms with Crippen LogP contribution in [0.15, 0.2) is 30.5 Å². The molecule has 2 fully saturated rings. The number of amides is 2. The van der Waals surface area contributed by atoms with Gasteiger partial charge in [0.05, 0.1) is 17.5 Å². The van der Waals surface area contributed by atoms with Gasteiger partial charge in [-0.1, -0.05) is 18.2 Å². The molecule has 1 aromatic carbocycles. The molecule has 138 valence electrons. The Morgan fingerprint density at radius 2 is 2.08 bits per heavy atom. The Morgan fingerprint density at radius 3 is 2.88 bits per heavy atom. The van der Waals surface area contributed by atoms with E-state index in [1.54, 1.807) is 11.8 Å². The van der Waals surface area contributed by atoms with Crippen LogP contribution in [0.4, 0.5) is 0 Å². The van der Waals surface area contributed by atoms with E-state index in [2.05, 4.69) is 5.10 Å². The van der Waals surface area contributed by atoms with E-state index in [1.165, 1.54) is 0 Å². The second-order valence-corrected chi connectivity index (χ2v) is 7.27. The average Bonchev–Trinajstić information content (AvgIpc) is 3.32. The van der Waals surface area contributed by atoms with Crippen LogP contribution in [0.5, 0.6) is 0 Å². The highest BCUT2D eigenvalue weighted by atomic mass is 16.5. The van der Waals surface area contributed by atoms with Gasteiger partial charge in [0.25, 0.3) is 0 Å². The molecule has 2 aromatic rings. The van der Waals surface area contributed by atoms with Gasteiger partial charge in [0, 0.05) is 44.9 Å². The molecule has 2 aliphatic heterocycles. The predicted molar refractivity (Wildman–Crippen MR) is 96.4 cm³/mol. The number of carbonyl (C=O) groups is 2. The zero-order chi connectivity index (χ0) is 18.1. The number of carbonyl (C=O) groups excluding carboxylic acids is 2. The van der Waals surface area contributed by atoms with Gasteiger partial charge in [-0.15, -0.1) is 0 Å². The number of fused-ring (bicyclic) bond motifs is 1. The molecule has 0 aliphatic carbocycles. The summed E-state index contributed by atoms with van der Waals surface area (Å²) in [5.74, 6) is 0.201. The minimum absolute atomic E-state index is 0.0258. The van der Waals surface area contributed by atoms with E-state index in [9.17, 15) is 9.59 Å². The molecule has 1 spiro atoms. The summed E-state index contributed by atoms with van der Waals surface area (Å²) in [6.45, 7) is 3.32. The lowest BCUT2D eigenvalue weighted by atomic mass is 9.85. The fraction of sp³-hybridized carbons (Fsp3) is 0.526. The first-order valence-corrected chi connectivity index (χ1v) is 9.10. The molecule has 7 heteroatoms. The Hall–Kier alpha value is -2.41. The Kier molecular flexibility index (Phi) is 4.40. The first-order chi connectivity index (χ1) is 12.6. The molecule has 0 bridgehead atoms. The van der Waals surface area contributed by atoms with Crippen molar-refractivity contribution in [1.29, 1.82) is 0 Å². The third kappa shape index (κ3) is 2.96. The van der Waals surface area contributed by atoms with E-state index in [1.807, 2.05) is 40.3 Å². The molecule has 7 nitrogen and oxygen atoms in total. The average molecular weight is 356 g/mol.